The van der Waals surface area contributed by atoms with Crippen LogP contribution in [0.1, 0.15) is 54.4 Å². The summed E-state index contributed by atoms with van der Waals surface area (Å²) in [5.74, 6) is 2.03. The molecule has 0 saturated carbocycles. The molecule has 6 heteroatoms. The van der Waals surface area contributed by atoms with Gasteiger partial charge in [0.1, 0.15) is 11.6 Å². The first-order valence-electron chi connectivity index (χ1n) is 11.8. The lowest BCUT2D eigenvalue weighted by atomic mass is 9.99. The zero-order chi connectivity index (χ0) is 23.9. The number of benzene rings is 3. The van der Waals surface area contributed by atoms with Gasteiger partial charge in [0.05, 0.1) is 34.8 Å². The van der Waals surface area contributed by atoms with Crippen LogP contribution in [0.15, 0.2) is 72.8 Å². The van der Waals surface area contributed by atoms with E-state index >= 15 is 0 Å². The normalized spacial score (nSPS) is 12.0. The van der Waals surface area contributed by atoms with E-state index in [9.17, 15) is 4.79 Å². The summed E-state index contributed by atoms with van der Waals surface area (Å²) < 4.78 is 8.13. The minimum atomic E-state index is -0.214. The molecule has 0 aliphatic heterocycles. The number of amides is 1. The molecule has 5 nitrogen and oxygen atoms in total. The number of aromatic nitrogens is 2. The minimum absolute atomic E-state index is 0.214. The molecule has 1 amide bonds. The number of fused-ring (bicyclic) bond motifs is 1. The van der Waals surface area contributed by atoms with Gasteiger partial charge in [0.15, 0.2) is 0 Å². The third-order valence-corrected chi connectivity index (χ3v) is 6.45. The van der Waals surface area contributed by atoms with Crippen LogP contribution in [0.5, 0.6) is 5.75 Å². The zero-order valence-electron chi connectivity index (χ0n) is 19.6. The van der Waals surface area contributed by atoms with Gasteiger partial charge in [-0.3, -0.25) is 4.79 Å². The van der Waals surface area contributed by atoms with Gasteiger partial charge in [-0.05, 0) is 60.7 Å². The van der Waals surface area contributed by atoms with Crippen molar-refractivity contribution in [3.05, 3.63) is 94.8 Å². The van der Waals surface area contributed by atoms with Gasteiger partial charge >= 0.3 is 0 Å². The SMILES string of the molecule is CCC(C)c1ccc(OCCCn2c(CNC(=O)c3ccccc3Cl)nc3ccccc32)cc1. The van der Waals surface area contributed by atoms with E-state index in [1.54, 1.807) is 24.3 Å². The van der Waals surface area contributed by atoms with E-state index in [0.29, 0.717) is 29.7 Å². The molecule has 1 atom stereocenters. The van der Waals surface area contributed by atoms with Gasteiger partial charge in [0, 0.05) is 6.54 Å². The van der Waals surface area contributed by atoms with Gasteiger partial charge in [-0.1, -0.05) is 61.8 Å². The molecule has 176 valence electrons. The molecule has 1 aromatic heterocycles. The molecule has 0 aliphatic carbocycles. The number of ether oxygens (including phenoxy) is 1. The molecule has 0 aliphatic rings. The van der Waals surface area contributed by atoms with Crippen LogP contribution in [0, 0.1) is 0 Å². The van der Waals surface area contributed by atoms with Crippen LogP contribution in [-0.2, 0) is 13.1 Å². The van der Waals surface area contributed by atoms with E-state index in [4.69, 9.17) is 21.3 Å². The quantitative estimate of drug-likeness (QED) is 0.263. The monoisotopic (exact) mass is 475 g/mol. The topological polar surface area (TPSA) is 56.1 Å². The molecule has 0 saturated heterocycles. The van der Waals surface area contributed by atoms with Crippen LogP contribution in [-0.4, -0.2) is 22.1 Å². The molecular formula is C28H30ClN3O2. The van der Waals surface area contributed by atoms with Crippen molar-refractivity contribution in [2.75, 3.05) is 6.61 Å². The molecule has 4 rings (SSSR count). The number of nitrogens with zero attached hydrogens (tertiary/aromatic N) is 2. The first kappa shape index (κ1) is 23.8. The van der Waals surface area contributed by atoms with E-state index in [2.05, 4.69) is 41.9 Å². The second-order valence-corrected chi connectivity index (χ2v) is 8.82. The van der Waals surface area contributed by atoms with Crippen molar-refractivity contribution >= 4 is 28.5 Å². The molecule has 3 aromatic carbocycles. The summed E-state index contributed by atoms with van der Waals surface area (Å²) in [4.78, 5) is 17.4. The Kier molecular flexibility index (Phi) is 7.86. The number of rotatable bonds is 10. The van der Waals surface area contributed by atoms with E-state index in [0.717, 1.165) is 42.0 Å². The highest BCUT2D eigenvalue weighted by molar-refractivity contribution is 6.33. The van der Waals surface area contributed by atoms with Crippen LogP contribution >= 0.6 is 11.6 Å². The van der Waals surface area contributed by atoms with Crippen molar-refractivity contribution in [2.24, 2.45) is 0 Å². The fourth-order valence-corrected chi connectivity index (χ4v) is 4.17. The smallest absolute Gasteiger partial charge is 0.253 e. The standard InChI is InChI=1S/C28H30ClN3O2/c1-3-20(2)21-13-15-22(16-14-21)34-18-8-17-32-26-12-7-6-11-25(26)31-27(32)19-30-28(33)23-9-4-5-10-24(23)29/h4-7,9-16,20H,3,8,17-19H2,1-2H3,(H,30,33). The van der Waals surface area contributed by atoms with Crippen molar-refractivity contribution < 1.29 is 9.53 Å². The Hall–Kier alpha value is -3.31. The minimum Gasteiger partial charge on any atom is -0.494 e. The number of hydrogen-bond donors (Lipinski definition) is 1. The fraction of sp³-hybridized carbons (Fsp3) is 0.286. The second kappa shape index (κ2) is 11.2. The number of imidazole rings is 1. The van der Waals surface area contributed by atoms with Gasteiger partial charge in [0.25, 0.3) is 5.91 Å². The summed E-state index contributed by atoms with van der Waals surface area (Å²) in [6.45, 7) is 6.09. The van der Waals surface area contributed by atoms with Gasteiger partial charge in [-0.25, -0.2) is 4.98 Å². The highest BCUT2D eigenvalue weighted by atomic mass is 35.5. The molecule has 1 heterocycles. The molecular weight excluding hydrogens is 446 g/mol. The summed E-state index contributed by atoms with van der Waals surface area (Å²) in [7, 11) is 0. The molecule has 0 radical (unpaired) electrons. The average molecular weight is 476 g/mol. The van der Waals surface area contributed by atoms with E-state index < -0.39 is 0 Å². The van der Waals surface area contributed by atoms with Crippen molar-refractivity contribution in [1.29, 1.82) is 0 Å². The first-order valence-corrected chi connectivity index (χ1v) is 12.1. The van der Waals surface area contributed by atoms with Crippen molar-refractivity contribution in [3.8, 4) is 5.75 Å². The third-order valence-electron chi connectivity index (χ3n) is 6.12. The van der Waals surface area contributed by atoms with Gasteiger partial charge in [-0.15, -0.1) is 0 Å². The number of nitrogens with one attached hydrogen (secondary N) is 1. The van der Waals surface area contributed by atoms with Gasteiger partial charge in [-0.2, -0.15) is 0 Å². The Morgan fingerprint density at radius 3 is 2.56 bits per heavy atom. The highest BCUT2D eigenvalue weighted by Crippen LogP contribution is 2.22. The summed E-state index contributed by atoms with van der Waals surface area (Å²) >= 11 is 6.17. The molecule has 1 N–H and O–H groups in total. The molecule has 4 aromatic rings. The lowest BCUT2D eigenvalue weighted by Crippen LogP contribution is -2.25. The maximum atomic E-state index is 12.6. The summed E-state index contributed by atoms with van der Waals surface area (Å²) in [6, 6.07) is 23.4. The lowest BCUT2D eigenvalue weighted by Gasteiger charge is -2.12. The molecule has 0 spiro atoms. The zero-order valence-corrected chi connectivity index (χ0v) is 20.4. The Bertz CT molecular complexity index is 1250. The summed E-state index contributed by atoms with van der Waals surface area (Å²) in [6.07, 6.45) is 1.94. The van der Waals surface area contributed by atoms with Gasteiger partial charge < -0.3 is 14.6 Å². The predicted octanol–water partition coefficient (Wildman–Crippen LogP) is 6.60. The maximum Gasteiger partial charge on any atom is 0.253 e. The van der Waals surface area contributed by atoms with Crippen LogP contribution in [0.25, 0.3) is 11.0 Å². The van der Waals surface area contributed by atoms with Crippen LogP contribution in [0.4, 0.5) is 0 Å². The Balaban J connectivity index is 1.39. The van der Waals surface area contributed by atoms with Crippen molar-refractivity contribution in [2.45, 2.75) is 45.7 Å². The predicted molar refractivity (Wildman–Crippen MR) is 138 cm³/mol. The Labute approximate surface area is 205 Å². The number of carbonyl (C=O) groups is 1. The molecule has 1 unspecified atom stereocenters. The van der Waals surface area contributed by atoms with E-state index in [1.807, 2.05) is 30.3 Å². The summed E-state index contributed by atoms with van der Waals surface area (Å²) in [5, 5.41) is 3.39. The fourth-order valence-electron chi connectivity index (χ4n) is 3.95. The number of carbonyl (C=O) groups excluding carboxylic acids is 1. The number of halogens is 1. The number of aryl methyl sites for hydroxylation is 1. The van der Waals surface area contributed by atoms with Gasteiger partial charge in [0.2, 0.25) is 0 Å². The lowest BCUT2D eigenvalue weighted by molar-refractivity contribution is 0.0949. The van der Waals surface area contributed by atoms with Crippen molar-refractivity contribution in [3.63, 3.8) is 0 Å². The van der Waals surface area contributed by atoms with Crippen LogP contribution < -0.4 is 10.1 Å². The van der Waals surface area contributed by atoms with E-state index in [-0.39, 0.29) is 5.91 Å². The number of hydrogen-bond acceptors (Lipinski definition) is 3. The third kappa shape index (κ3) is 5.60. The summed E-state index contributed by atoms with van der Waals surface area (Å²) in [5.41, 5.74) is 3.75. The van der Waals surface area contributed by atoms with E-state index in [1.165, 1.54) is 5.56 Å². The van der Waals surface area contributed by atoms with Crippen LogP contribution in [0.3, 0.4) is 0 Å². The molecule has 34 heavy (non-hydrogen) atoms. The average Bonchev–Trinajstić information content (AvgIpc) is 3.22. The second-order valence-electron chi connectivity index (χ2n) is 8.41. The molecule has 0 bridgehead atoms. The first-order chi connectivity index (χ1) is 16.6. The number of para-hydroxylation sites is 2. The Morgan fingerprint density at radius 1 is 1.06 bits per heavy atom. The van der Waals surface area contributed by atoms with Crippen molar-refractivity contribution in [1.82, 2.24) is 14.9 Å². The maximum absolute atomic E-state index is 12.6. The highest BCUT2D eigenvalue weighted by Gasteiger charge is 2.14. The Morgan fingerprint density at radius 2 is 1.79 bits per heavy atom. The largest absolute Gasteiger partial charge is 0.494 e. The van der Waals surface area contributed by atoms with Crippen LogP contribution in [0.2, 0.25) is 5.02 Å². The molecule has 0 fully saturated rings.